The molecule has 0 saturated heterocycles. The number of hydrogen-bond acceptors (Lipinski definition) is 3. The Morgan fingerprint density at radius 1 is 1.37 bits per heavy atom. The van der Waals surface area contributed by atoms with Crippen LogP contribution in [0.4, 0.5) is 4.79 Å². The van der Waals surface area contributed by atoms with E-state index >= 15 is 0 Å². The summed E-state index contributed by atoms with van der Waals surface area (Å²) in [5.74, 6) is 0.357. The number of pyridine rings is 1. The second-order valence-electron chi connectivity index (χ2n) is 4.46. The third kappa shape index (κ3) is 1.83. The van der Waals surface area contributed by atoms with Crippen molar-refractivity contribution in [2.75, 3.05) is 6.54 Å². The molecule has 1 aliphatic rings. The molecule has 2 aromatic rings. The van der Waals surface area contributed by atoms with Crippen LogP contribution in [0.5, 0.6) is 0 Å². The zero-order valence-corrected chi connectivity index (χ0v) is 10.6. The van der Waals surface area contributed by atoms with E-state index in [9.17, 15) is 4.79 Å². The predicted octanol–water partition coefficient (Wildman–Crippen LogP) is 2.09. The fourth-order valence-corrected chi connectivity index (χ4v) is 2.44. The number of urea groups is 1. The number of nitrogens with zero attached hydrogens (tertiary/aromatic N) is 3. The van der Waals surface area contributed by atoms with E-state index in [1.54, 1.807) is 11.1 Å². The van der Waals surface area contributed by atoms with Gasteiger partial charge in [-0.1, -0.05) is 12.1 Å². The molecule has 0 saturated carbocycles. The molecule has 0 aliphatic carbocycles. The third-order valence-corrected chi connectivity index (χ3v) is 3.35. The minimum atomic E-state index is -0.267. The van der Waals surface area contributed by atoms with E-state index in [1.807, 2.05) is 37.3 Å². The molecule has 0 radical (unpaired) electrons. The van der Waals surface area contributed by atoms with Crippen molar-refractivity contribution in [3.05, 3.63) is 42.1 Å². The van der Waals surface area contributed by atoms with Crippen molar-refractivity contribution in [3.63, 3.8) is 0 Å². The average Bonchev–Trinajstić information content (AvgIpc) is 2.72. The molecule has 19 heavy (non-hydrogen) atoms. The van der Waals surface area contributed by atoms with Gasteiger partial charge in [0.15, 0.2) is 0 Å². The molecule has 3 rings (SSSR count). The maximum Gasteiger partial charge on any atom is 0.346 e. The summed E-state index contributed by atoms with van der Waals surface area (Å²) < 4.78 is 0. The number of rotatable bonds is 2. The standard InChI is InChI=1S/C14H14N4O/c1-2-18-12(13(15)17-14(18)19)10-5-6-11-9(8-10)4-3-7-16-11/h3-8,12H,2H2,1H3,(H2,15,17,19). The number of carbonyl (C=O) groups excluding carboxylic acids is 1. The van der Waals surface area contributed by atoms with Crippen molar-refractivity contribution in [1.82, 2.24) is 9.88 Å². The number of fused-ring (bicyclic) bond motifs is 1. The van der Waals surface area contributed by atoms with Gasteiger partial charge in [0, 0.05) is 18.1 Å². The first-order valence-corrected chi connectivity index (χ1v) is 6.20. The van der Waals surface area contributed by atoms with E-state index in [0.29, 0.717) is 12.4 Å². The second kappa shape index (κ2) is 4.35. The monoisotopic (exact) mass is 254 g/mol. The maximum atomic E-state index is 11.7. The summed E-state index contributed by atoms with van der Waals surface area (Å²) in [6.45, 7) is 2.50. The van der Waals surface area contributed by atoms with Gasteiger partial charge in [0.2, 0.25) is 0 Å². The number of aromatic nitrogens is 1. The summed E-state index contributed by atoms with van der Waals surface area (Å²) in [5, 5.41) is 1.03. The number of amides is 2. The molecule has 5 nitrogen and oxygen atoms in total. The molecule has 0 fully saturated rings. The molecule has 2 amide bonds. The van der Waals surface area contributed by atoms with E-state index < -0.39 is 0 Å². The van der Waals surface area contributed by atoms with Gasteiger partial charge in [-0.2, -0.15) is 4.99 Å². The Kier molecular flexibility index (Phi) is 2.67. The van der Waals surface area contributed by atoms with Crippen LogP contribution in [0.3, 0.4) is 0 Å². The number of nitrogens with two attached hydrogens (primary N) is 1. The van der Waals surface area contributed by atoms with Gasteiger partial charge in [0.1, 0.15) is 11.9 Å². The Morgan fingerprint density at radius 2 is 2.21 bits per heavy atom. The van der Waals surface area contributed by atoms with Gasteiger partial charge >= 0.3 is 6.03 Å². The van der Waals surface area contributed by atoms with Crippen LogP contribution in [0.1, 0.15) is 18.5 Å². The third-order valence-electron chi connectivity index (χ3n) is 3.35. The lowest BCUT2D eigenvalue weighted by Crippen LogP contribution is -2.33. The number of aliphatic imine (C=N–C) groups is 1. The lowest BCUT2D eigenvalue weighted by molar-refractivity contribution is 0.210. The first kappa shape index (κ1) is 11.6. The molecule has 1 atom stereocenters. The number of carbonyl (C=O) groups is 1. The van der Waals surface area contributed by atoms with Crippen molar-refractivity contribution < 1.29 is 4.79 Å². The Morgan fingerprint density at radius 3 is 3.00 bits per heavy atom. The molecular weight excluding hydrogens is 240 g/mol. The molecule has 1 aliphatic heterocycles. The van der Waals surface area contributed by atoms with Crippen LogP contribution in [0.2, 0.25) is 0 Å². The van der Waals surface area contributed by atoms with E-state index in [4.69, 9.17) is 5.73 Å². The van der Waals surface area contributed by atoms with Gasteiger partial charge in [0.05, 0.1) is 5.52 Å². The summed E-state index contributed by atoms with van der Waals surface area (Å²) in [6, 6.07) is 9.25. The van der Waals surface area contributed by atoms with Crippen molar-refractivity contribution in [2.24, 2.45) is 10.7 Å². The van der Waals surface area contributed by atoms with Crippen LogP contribution < -0.4 is 5.73 Å². The fourth-order valence-electron chi connectivity index (χ4n) is 2.44. The molecule has 2 heterocycles. The number of amidine groups is 1. The number of likely N-dealkylation sites (N-methyl/N-ethyl adjacent to an activating group) is 1. The van der Waals surface area contributed by atoms with Crippen molar-refractivity contribution in [2.45, 2.75) is 13.0 Å². The Labute approximate surface area is 110 Å². The molecule has 5 heteroatoms. The largest absolute Gasteiger partial charge is 0.385 e. The van der Waals surface area contributed by atoms with Crippen molar-refractivity contribution >= 4 is 22.8 Å². The fraction of sp³-hybridized carbons (Fsp3) is 0.214. The first-order chi connectivity index (χ1) is 9.20. The summed E-state index contributed by atoms with van der Waals surface area (Å²) in [7, 11) is 0. The maximum absolute atomic E-state index is 11.7. The minimum Gasteiger partial charge on any atom is -0.385 e. The highest BCUT2D eigenvalue weighted by Gasteiger charge is 2.33. The number of hydrogen-bond donors (Lipinski definition) is 1. The summed E-state index contributed by atoms with van der Waals surface area (Å²) in [5.41, 5.74) is 7.78. The Bertz CT molecular complexity index is 680. The highest BCUT2D eigenvalue weighted by molar-refractivity contribution is 6.03. The minimum absolute atomic E-state index is 0.262. The quantitative estimate of drug-likeness (QED) is 0.891. The van der Waals surface area contributed by atoms with Gasteiger partial charge in [-0.15, -0.1) is 0 Å². The molecule has 2 N–H and O–H groups in total. The van der Waals surface area contributed by atoms with Crippen LogP contribution >= 0.6 is 0 Å². The highest BCUT2D eigenvalue weighted by Crippen LogP contribution is 2.28. The lowest BCUT2D eigenvalue weighted by atomic mass is 10.0. The SMILES string of the molecule is CCN1C(=O)N=C(N)C1c1ccc2ncccc2c1. The van der Waals surface area contributed by atoms with E-state index in [2.05, 4.69) is 9.98 Å². The predicted molar refractivity (Wildman–Crippen MR) is 73.9 cm³/mol. The van der Waals surface area contributed by atoms with Crippen LogP contribution in [0, 0.1) is 0 Å². The normalized spacial score (nSPS) is 19.0. The smallest absolute Gasteiger partial charge is 0.346 e. The summed E-state index contributed by atoms with van der Waals surface area (Å²) in [4.78, 5) is 21.5. The van der Waals surface area contributed by atoms with Crippen LogP contribution in [0.15, 0.2) is 41.5 Å². The van der Waals surface area contributed by atoms with Gasteiger partial charge in [-0.25, -0.2) is 4.79 Å². The zero-order valence-electron chi connectivity index (χ0n) is 10.6. The van der Waals surface area contributed by atoms with E-state index in [0.717, 1.165) is 16.5 Å². The molecule has 1 aromatic carbocycles. The van der Waals surface area contributed by atoms with Crippen LogP contribution in [-0.2, 0) is 0 Å². The number of benzene rings is 1. The van der Waals surface area contributed by atoms with Crippen LogP contribution in [-0.4, -0.2) is 28.3 Å². The Balaban J connectivity index is 2.08. The van der Waals surface area contributed by atoms with Crippen molar-refractivity contribution in [1.29, 1.82) is 0 Å². The molecule has 96 valence electrons. The second-order valence-corrected chi connectivity index (χ2v) is 4.46. The van der Waals surface area contributed by atoms with Crippen molar-refractivity contribution in [3.8, 4) is 0 Å². The van der Waals surface area contributed by atoms with Gasteiger partial charge in [-0.3, -0.25) is 4.98 Å². The van der Waals surface area contributed by atoms with Gasteiger partial charge in [-0.05, 0) is 30.7 Å². The highest BCUT2D eigenvalue weighted by atomic mass is 16.2. The topological polar surface area (TPSA) is 71.6 Å². The average molecular weight is 254 g/mol. The molecule has 1 unspecified atom stereocenters. The summed E-state index contributed by atoms with van der Waals surface area (Å²) in [6.07, 6.45) is 1.76. The molecular formula is C14H14N4O. The van der Waals surface area contributed by atoms with E-state index in [1.165, 1.54) is 0 Å². The summed E-state index contributed by atoms with van der Waals surface area (Å²) >= 11 is 0. The molecule has 0 bridgehead atoms. The molecule has 1 aromatic heterocycles. The van der Waals surface area contributed by atoms with Gasteiger partial charge < -0.3 is 10.6 Å². The van der Waals surface area contributed by atoms with Gasteiger partial charge in [0.25, 0.3) is 0 Å². The van der Waals surface area contributed by atoms with E-state index in [-0.39, 0.29) is 12.1 Å². The molecule has 0 spiro atoms. The Hall–Kier alpha value is -2.43. The first-order valence-electron chi connectivity index (χ1n) is 6.20. The lowest BCUT2D eigenvalue weighted by Gasteiger charge is -2.23. The zero-order chi connectivity index (χ0) is 13.4. The van der Waals surface area contributed by atoms with Crippen LogP contribution in [0.25, 0.3) is 10.9 Å².